The SMILES string of the molecule is NC(=O)CN1C=CN=c2ccccc2=C1. The van der Waals surface area contributed by atoms with E-state index in [1.165, 1.54) is 0 Å². The fourth-order valence-electron chi connectivity index (χ4n) is 1.41. The van der Waals surface area contributed by atoms with Gasteiger partial charge in [0.05, 0.1) is 5.36 Å². The summed E-state index contributed by atoms with van der Waals surface area (Å²) < 4.78 is 0. The van der Waals surface area contributed by atoms with E-state index in [-0.39, 0.29) is 12.5 Å². The molecule has 0 spiro atoms. The van der Waals surface area contributed by atoms with Crippen LogP contribution >= 0.6 is 0 Å². The summed E-state index contributed by atoms with van der Waals surface area (Å²) in [7, 11) is 0. The van der Waals surface area contributed by atoms with E-state index in [9.17, 15) is 4.79 Å². The maximum Gasteiger partial charge on any atom is 0.237 e. The summed E-state index contributed by atoms with van der Waals surface area (Å²) in [6, 6.07) is 7.72. The van der Waals surface area contributed by atoms with Crippen molar-refractivity contribution in [1.29, 1.82) is 0 Å². The normalized spacial score (nSPS) is 13.5. The van der Waals surface area contributed by atoms with Crippen molar-refractivity contribution in [2.24, 2.45) is 10.7 Å². The summed E-state index contributed by atoms with van der Waals surface area (Å²) in [5, 5.41) is 1.87. The molecule has 0 saturated heterocycles. The van der Waals surface area contributed by atoms with Gasteiger partial charge in [-0.15, -0.1) is 0 Å². The number of para-hydroxylation sites is 1. The molecule has 4 nitrogen and oxygen atoms in total. The molecule has 76 valence electrons. The number of carbonyl (C=O) groups excluding carboxylic acids is 1. The zero-order chi connectivity index (χ0) is 10.7. The molecule has 15 heavy (non-hydrogen) atoms. The number of nitrogens with two attached hydrogens (primary N) is 1. The van der Waals surface area contributed by atoms with Gasteiger partial charge in [0, 0.05) is 23.8 Å². The molecule has 1 aliphatic rings. The van der Waals surface area contributed by atoms with Gasteiger partial charge in [-0.25, -0.2) is 0 Å². The smallest absolute Gasteiger partial charge is 0.237 e. The van der Waals surface area contributed by atoms with E-state index < -0.39 is 0 Å². The van der Waals surface area contributed by atoms with E-state index in [2.05, 4.69) is 4.99 Å². The Bertz CT molecular complexity index is 519. The van der Waals surface area contributed by atoms with Crippen LogP contribution < -0.4 is 16.3 Å². The van der Waals surface area contributed by atoms with Crippen LogP contribution in [0.15, 0.2) is 41.7 Å². The molecule has 1 heterocycles. The molecule has 1 aliphatic heterocycles. The number of hydrogen-bond acceptors (Lipinski definition) is 3. The van der Waals surface area contributed by atoms with E-state index in [4.69, 9.17) is 5.73 Å². The molecule has 2 rings (SSSR count). The highest BCUT2D eigenvalue weighted by Crippen LogP contribution is 1.92. The van der Waals surface area contributed by atoms with Crippen molar-refractivity contribution in [2.75, 3.05) is 6.54 Å². The fourth-order valence-corrected chi connectivity index (χ4v) is 1.41. The predicted octanol–water partition coefficient (Wildman–Crippen LogP) is -0.684. The highest BCUT2D eigenvalue weighted by molar-refractivity contribution is 5.76. The number of rotatable bonds is 2. The molecule has 0 fully saturated rings. The molecule has 0 atom stereocenters. The molecule has 0 radical (unpaired) electrons. The van der Waals surface area contributed by atoms with Crippen LogP contribution in [0, 0.1) is 0 Å². The van der Waals surface area contributed by atoms with Crippen LogP contribution in [-0.4, -0.2) is 17.4 Å². The number of benzene rings is 1. The Kier molecular flexibility index (Phi) is 2.49. The van der Waals surface area contributed by atoms with E-state index >= 15 is 0 Å². The van der Waals surface area contributed by atoms with Crippen molar-refractivity contribution in [3.63, 3.8) is 0 Å². The quantitative estimate of drug-likeness (QED) is 0.689. The van der Waals surface area contributed by atoms with Crippen molar-refractivity contribution < 1.29 is 4.79 Å². The third-order valence-corrected chi connectivity index (χ3v) is 2.05. The third kappa shape index (κ3) is 2.22. The molecule has 1 aromatic rings. The Hall–Kier alpha value is -2.10. The highest BCUT2D eigenvalue weighted by atomic mass is 16.1. The molecule has 1 aromatic carbocycles. The molecule has 0 aliphatic carbocycles. The molecular formula is C11H11N3O. The fraction of sp³-hybridized carbons (Fsp3) is 0.0909. The van der Waals surface area contributed by atoms with E-state index in [1.54, 1.807) is 17.3 Å². The van der Waals surface area contributed by atoms with Crippen molar-refractivity contribution in [3.8, 4) is 0 Å². The van der Waals surface area contributed by atoms with E-state index in [0.29, 0.717) is 0 Å². The van der Waals surface area contributed by atoms with Gasteiger partial charge in [0.25, 0.3) is 0 Å². The summed E-state index contributed by atoms with van der Waals surface area (Å²) in [6.07, 6.45) is 5.24. The van der Waals surface area contributed by atoms with Gasteiger partial charge in [-0.05, 0) is 6.07 Å². The van der Waals surface area contributed by atoms with Gasteiger partial charge < -0.3 is 10.6 Å². The lowest BCUT2D eigenvalue weighted by Crippen LogP contribution is -2.30. The lowest BCUT2D eigenvalue weighted by Gasteiger charge is -2.10. The Morgan fingerprint density at radius 1 is 1.40 bits per heavy atom. The largest absolute Gasteiger partial charge is 0.368 e. The first-order chi connectivity index (χ1) is 7.25. The second-order valence-electron chi connectivity index (χ2n) is 3.25. The molecule has 0 unspecified atom stereocenters. The Morgan fingerprint density at radius 3 is 3.00 bits per heavy atom. The topological polar surface area (TPSA) is 58.7 Å². The minimum absolute atomic E-state index is 0.167. The Morgan fingerprint density at radius 2 is 2.20 bits per heavy atom. The molecule has 2 N–H and O–H groups in total. The average Bonchev–Trinajstić information content (AvgIpc) is 2.38. The average molecular weight is 201 g/mol. The van der Waals surface area contributed by atoms with Crippen LogP contribution in [0.5, 0.6) is 0 Å². The molecule has 4 heteroatoms. The Labute approximate surface area is 87.0 Å². The first-order valence-electron chi connectivity index (χ1n) is 4.61. The van der Waals surface area contributed by atoms with Gasteiger partial charge in [0.2, 0.25) is 5.91 Å². The molecular weight excluding hydrogens is 190 g/mol. The molecule has 0 aromatic heterocycles. The van der Waals surface area contributed by atoms with E-state index in [0.717, 1.165) is 10.6 Å². The van der Waals surface area contributed by atoms with Gasteiger partial charge in [-0.2, -0.15) is 0 Å². The highest BCUT2D eigenvalue weighted by Gasteiger charge is 2.01. The lowest BCUT2D eigenvalue weighted by atomic mass is 10.3. The van der Waals surface area contributed by atoms with Crippen molar-refractivity contribution in [3.05, 3.63) is 47.2 Å². The van der Waals surface area contributed by atoms with Crippen LogP contribution in [0.1, 0.15) is 0 Å². The minimum atomic E-state index is -0.365. The van der Waals surface area contributed by atoms with Crippen LogP contribution in [0.2, 0.25) is 0 Å². The van der Waals surface area contributed by atoms with Crippen LogP contribution in [0.3, 0.4) is 0 Å². The van der Waals surface area contributed by atoms with Crippen LogP contribution in [-0.2, 0) is 4.79 Å². The first kappa shape index (κ1) is 9.45. The maximum atomic E-state index is 10.8. The summed E-state index contributed by atoms with van der Waals surface area (Å²) in [5.74, 6) is -0.365. The van der Waals surface area contributed by atoms with Crippen LogP contribution in [0.4, 0.5) is 0 Å². The summed E-state index contributed by atoms with van der Waals surface area (Å²) in [6.45, 7) is 0.167. The first-order valence-corrected chi connectivity index (χ1v) is 4.61. The second-order valence-corrected chi connectivity index (χ2v) is 3.25. The van der Waals surface area contributed by atoms with Gasteiger partial charge in [0.1, 0.15) is 6.54 Å². The molecule has 0 saturated carbocycles. The minimum Gasteiger partial charge on any atom is -0.368 e. The summed E-state index contributed by atoms with van der Waals surface area (Å²) in [4.78, 5) is 16.7. The van der Waals surface area contributed by atoms with Gasteiger partial charge >= 0.3 is 0 Å². The number of hydrogen-bond donors (Lipinski definition) is 1. The number of primary amides is 1. The zero-order valence-corrected chi connectivity index (χ0v) is 8.13. The maximum absolute atomic E-state index is 10.8. The van der Waals surface area contributed by atoms with Crippen molar-refractivity contribution >= 4 is 12.1 Å². The van der Waals surface area contributed by atoms with Gasteiger partial charge in [0.15, 0.2) is 0 Å². The number of nitrogens with zero attached hydrogens (tertiary/aromatic N) is 2. The molecule has 1 amide bonds. The standard InChI is InChI=1S/C11H11N3O/c12-11(15)8-14-6-5-13-10-4-2-1-3-9(10)7-14/h1-7H,8H2,(H2,12,15). The van der Waals surface area contributed by atoms with E-state index in [1.807, 2.05) is 30.5 Å². The summed E-state index contributed by atoms with van der Waals surface area (Å²) >= 11 is 0. The summed E-state index contributed by atoms with van der Waals surface area (Å²) in [5.41, 5.74) is 5.13. The zero-order valence-electron chi connectivity index (χ0n) is 8.13. The molecule has 0 bridgehead atoms. The second kappa shape index (κ2) is 3.96. The lowest BCUT2D eigenvalue weighted by molar-refractivity contribution is -0.118. The van der Waals surface area contributed by atoms with Gasteiger partial charge in [-0.3, -0.25) is 9.79 Å². The number of fused-ring (bicyclic) bond motifs is 1. The van der Waals surface area contributed by atoms with Crippen molar-refractivity contribution in [2.45, 2.75) is 0 Å². The van der Waals surface area contributed by atoms with Crippen LogP contribution in [0.25, 0.3) is 6.20 Å². The number of amides is 1. The number of carbonyl (C=O) groups is 1. The van der Waals surface area contributed by atoms with Crippen molar-refractivity contribution in [1.82, 2.24) is 4.90 Å². The third-order valence-electron chi connectivity index (χ3n) is 2.05. The van der Waals surface area contributed by atoms with Gasteiger partial charge in [-0.1, -0.05) is 18.2 Å². The monoisotopic (exact) mass is 201 g/mol. The predicted molar refractivity (Wildman–Crippen MR) is 56.7 cm³/mol. The Balaban J connectivity index is 2.43.